The number of benzene rings is 13. The van der Waals surface area contributed by atoms with Crippen LogP contribution in [0.4, 0.5) is 34.1 Å². The van der Waals surface area contributed by atoms with Crippen molar-refractivity contribution < 1.29 is 0 Å². The maximum absolute atomic E-state index is 2.53. The van der Waals surface area contributed by atoms with E-state index < -0.39 is 0 Å². The minimum atomic E-state index is -0.206. The van der Waals surface area contributed by atoms with Crippen LogP contribution in [0.25, 0.3) is 105 Å². The predicted molar refractivity (Wildman–Crippen MR) is 331 cm³/mol. The van der Waals surface area contributed by atoms with Crippen molar-refractivity contribution in [2.24, 2.45) is 0 Å². The molecule has 4 heteroatoms. The molecule has 2 aromatic heterocycles. The highest BCUT2D eigenvalue weighted by Gasteiger charge is 2.39. The van der Waals surface area contributed by atoms with E-state index in [9.17, 15) is 0 Å². The zero-order valence-corrected chi connectivity index (χ0v) is 44.1. The second-order valence-corrected chi connectivity index (χ2v) is 24.8. The van der Waals surface area contributed by atoms with E-state index in [1.807, 2.05) is 22.7 Å². The third-order valence-corrected chi connectivity index (χ3v) is 19.8. The lowest BCUT2D eigenvalue weighted by atomic mass is 9.73. The lowest BCUT2D eigenvalue weighted by Crippen LogP contribution is -2.30. The zero-order valence-electron chi connectivity index (χ0n) is 42.5. The fraction of sp³-hybridized carbons (Fsp3) is 0.0833. The molecule has 76 heavy (non-hydrogen) atoms. The first-order valence-electron chi connectivity index (χ1n) is 26.5. The SMILES string of the molecule is CC1(C)c2ccccc2N(c2ccc3cc4cc(N5c6ccccc6C(C)(C)c6cc7c(cc65)sc5cc6cc8ccccc8cc6cc57)ccc4cc3c2)c2cc3sc4cc5cc6ccccc6cc5cc4c3cc21. The third-order valence-electron chi connectivity index (χ3n) is 17.6. The molecule has 2 aliphatic heterocycles. The minimum Gasteiger partial charge on any atom is -0.310 e. The molecule has 0 saturated carbocycles. The van der Waals surface area contributed by atoms with Gasteiger partial charge in [0.1, 0.15) is 0 Å². The average Bonchev–Trinajstić information content (AvgIpc) is 4.05. The minimum absolute atomic E-state index is 0.206. The summed E-state index contributed by atoms with van der Waals surface area (Å²) < 4.78 is 5.29. The van der Waals surface area contributed by atoms with Gasteiger partial charge in [-0.2, -0.15) is 0 Å². The molecule has 0 saturated heterocycles. The highest BCUT2D eigenvalue weighted by Crippen LogP contribution is 2.57. The first-order chi connectivity index (χ1) is 37.1. The van der Waals surface area contributed by atoms with Crippen LogP contribution in [-0.4, -0.2) is 0 Å². The molecule has 17 rings (SSSR count). The molecule has 13 aromatic carbocycles. The van der Waals surface area contributed by atoms with Crippen LogP contribution >= 0.6 is 22.7 Å². The second-order valence-electron chi connectivity index (χ2n) is 22.6. The van der Waals surface area contributed by atoms with Gasteiger partial charge < -0.3 is 9.80 Å². The Labute approximate surface area is 447 Å². The number of fused-ring (bicyclic) bond motifs is 16. The van der Waals surface area contributed by atoms with Gasteiger partial charge in [0.05, 0.1) is 22.7 Å². The molecule has 0 radical (unpaired) electrons. The number of rotatable bonds is 2. The van der Waals surface area contributed by atoms with E-state index >= 15 is 0 Å². The Bertz CT molecular complexity index is 4770. The normalized spacial score (nSPS) is 14.7. The summed E-state index contributed by atoms with van der Waals surface area (Å²) in [6.45, 7) is 9.61. The highest BCUT2D eigenvalue weighted by molar-refractivity contribution is 7.26. The summed E-state index contributed by atoms with van der Waals surface area (Å²) >= 11 is 3.83. The van der Waals surface area contributed by atoms with Crippen LogP contribution in [0.5, 0.6) is 0 Å². The molecule has 0 fully saturated rings. The Morgan fingerprint density at radius 1 is 0.250 bits per heavy atom. The molecule has 0 spiro atoms. The zero-order chi connectivity index (χ0) is 50.3. The van der Waals surface area contributed by atoms with Gasteiger partial charge in [-0.25, -0.2) is 0 Å². The summed E-state index contributed by atoms with van der Waals surface area (Å²) in [7, 11) is 0. The van der Waals surface area contributed by atoms with Crippen LogP contribution in [-0.2, 0) is 10.8 Å². The standard InChI is InChI=1S/C72H48N2S2/c1-71(2)59-17-9-11-19-63(59)73(65-39-69-57(37-61(65)71)55-33-49-25-41-13-5-7-15-43(41)27-51(49)35-67(55)75-69)53-23-21-45-30-48-32-54(24-22-46(48)29-47(45)31-53)74-64-20-12-10-18-60(64)72(3,4)62-38-58-56-34-50-26-42-14-6-8-16-44(42)28-52(50)36-68(56)76-70(58)40-66(62)74/h5-40H,1-4H3. The molecule has 0 bridgehead atoms. The summed E-state index contributed by atoms with van der Waals surface area (Å²) in [6.07, 6.45) is 0. The van der Waals surface area contributed by atoms with Crippen LogP contribution in [0.1, 0.15) is 49.9 Å². The van der Waals surface area contributed by atoms with Gasteiger partial charge in [0, 0.05) is 62.5 Å². The maximum atomic E-state index is 2.53. The quantitative estimate of drug-likeness (QED) is 0.159. The molecule has 0 N–H and O–H groups in total. The summed E-state index contributed by atoms with van der Waals surface area (Å²) in [4.78, 5) is 5.06. The number of nitrogens with zero attached hydrogens (tertiary/aromatic N) is 2. The molecule has 15 aromatic rings. The van der Waals surface area contributed by atoms with Crippen LogP contribution < -0.4 is 9.80 Å². The molecular formula is C72H48N2S2. The lowest BCUT2D eigenvalue weighted by Gasteiger charge is -2.42. The van der Waals surface area contributed by atoms with Gasteiger partial charge in [-0.1, -0.05) is 125 Å². The van der Waals surface area contributed by atoms with E-state index in [1.165, 1.54) is 161 Å². The van der Waals surface area contributed by atoms with Crippen molar-refractivity contribution in [3.05, 3.63) is 241 Å². The van der Waals surface area contributed by atoms with E-state index in [2.05, 4.69) is 256 Å². The van der Waals surface area contributed by atoms with Crippen LogP contribution in [0.2, 0.25) is 0 Å². The average molecular weight is 1010 g/mol. The number of hydrogen-bond donors (Lipinski definition) is 0. The molecule has 0 unspecified atom stereocenters. The number of anilines is 6. The molecule has 0 atom stereocenters. The van der Waals surface area contributed by atoms with E-state index in [1.54, 1.807) is 0 Å². The van der Waals surface area contributed by atoms with Crippen molar-refractivity contribution in [1.82, 2.24) is 0 Å². The molecule has 2 aliphatic rings. The Balaban J connectivity index is 0.792. The molecular weight excluding hydrogens is 957 g/mol. The van der Waals surface area contributed by atoms with Gasteiger partial charge in [0.25, 0.3) is 0 Å². The monoisotopic (exact) mass is 1000 g/mol. The van der Waals surface area contributed by atoms with Crippen molar-refractivity contribution in [2.45, 2.75) is 38.5 Å². The molecule has 358 valence electrons. The van der Waals surface area contributed by atoms with Gasteiger partial charge in [-0.05, 0) is 208 Å². The molecule has 0 aliphatic carbocycles. The Morgan fingerprint density at radius 2 is 0.566 bits per heavy atom. The lowest BCUT2D eigenvalue weighted by molar-refractivity contribution is 0.633. The van der Waals surface area contributed by atoms with Crippen molar-refractivity contribution in [1.29, 1.82) is 0 Å². The van der Waals surface area contributed by atoms with Gasteiger partial charge in [0.2, 0.25) is 0 Å². The van der Waals surface area contributed by atoms with Gasteiger partial charge in [0.15, 0.2) is 0 Å². The topological polar surface area (TPSA) is 6.48 Å². The number of thiophene rings is 2. The molecule has 0 amide bonds. The second kappa shape index (κ2) is 15.1. The van der Waals surface area contributed by atoms with Crippen LogP contribution in [0.3, 0.4) is 0 Å². The van der Waals surface area contributed by atoms with Crippen molar-refractivity contribution in [3.8, 4) is 0 Å². The van der Waals surface area contributed by atoms with E-state index in [-0.39, 0.29) is 10.8 Å². The molecule has 2 nitrogen and oxygen atoms in total. The van der Waals surface area contributed by atoms with Crippen LogP contribution in [0.15, 0.2) is 218 Å². The first kappa shape index (κ1) is 42.8. The summed E-state index contributed by atoms with van der Waals surface area (Å²) in [5.41, 5.74) is 12.3. The summed E-state index contributed by atoms with van der Waals surface area (Å²) in [6, 6.07) is 83.6. The number of para-hydroxylation sites is 2. The fourth-order valence-electron chi connectivity index (χ4n) is 13.6. The van der Waals surface area contributed by atoms with Gasteiger partial charge in [-0.15, -0.1) is 22.7 Å². The Kier molecular flexibility index (Phi) is 8.48. The highest BCUT2D eigenvalue weighted by atomic mass is 32.1. The van der Waals surface area contributed by atoms with Crippen molar-refractivity contribution in [3.63, 3.8) is 0 Å². The fourth-order valence-corrected chi connectivity index (χ4v) is 15.9. The van der Waals surface area contributed by atoms with Gasteiger partial charge in [-0.3, -0.25) is 0 Å². The van der Waals surface area contributed by atoms with Crippen molar-refractivity contribution in [2.75, 3.05) is 9.80 Å². The first-order valence-corrected chi connectivity index (χ1v) is 28.2. The van der Waals surface area contributed by atoms with Gasteiger partial charge >= 0.3 is 0 Å². The molecule has 4 heterocycles. The van der Waals surface area contributed by atoms with E-state index in [0.717, 1.165) is 0 Å². The van der Waals surface area contributed by atoms with Crippen molar-refractivity contribution >= 4 is 162 Å². The Hall–Kier alpha value is -8.54. The summed E-state index contributed by atoms with van der Waals surface area (Å²) in [5.74, 6) is 0. The predicted octanol–water partition coefficient (Wildman–Crippen LogP) is 21.6. The maximum Gasteiger partial charge on any atom is 0.0517 e. The third kappa shape index (κ3) is 5.97. The number of hydrogen-bond acceptors (Lipinski definition) is 4. The van der Waals surface area contributed by atoms with E-state index in [4.69, 9.17) is 0 Å². The summed E-state index contributed by atoms with van der Waals surface area (Å²) in [5, 5.41) is 20.5. The smallest absolute Gasteiger partial charge is 0.0517 e. The van der Waals surface area contributed by atoms with E-state index in [0.29, 0.717) is 0 Å². The Morgan fingerprint density at radius 3 is 0.974 bits per heavy atom. The largest absolute Gasteiger partial charge is 0.310 e. The van der Waals surface area contributed by atoms with Crippen LogP contribution in [0, 0.1) is 0 Å².